The van der Waals surface area contributed by atoms with Gasteiger partial charge in [0.2, 0.25) is 5.88 Å². The Kier molecular flexibility index (Phi) is 5.79. The number of pyridine rings is 1. The van der Waals surface area contributed by atoms with Crippen LogP contribution in [0.15, 0.2) is 41.3 Å². The summed E-state index contributed by atoms with van der Waals surface area (Å²) in [5, 5.41) is 0. The van der Waals surface area contributed by atoms with Gasteiger partial charge in [0.25, 0.3) is 5.88 Å². The van der Waals surface area contributed by atoms with Crippen molar-refractivity contribution in [3.63, 3.8) is 0 Å². The Hall–Kier alpha value is -3.56. The molecule has 3 aromatic rings. The van der Waals surface area contributed by atoms with E-state index in [9.17, 15) is 18.0 Å². The lowest BCUT2D eigenvalue weighted by Gasteiger charge is -2.28. The summed E-state index contributed by atoms with van der Waals surface area (Å²) < 4.78 is 52.9. The van der Waals surface area contributed by atoms with E-state index in [4.69, 9.17) is 9.47 Å². The summed E-state index contributed by atoms with van der Waals surface area (Å²) in [6, 6.07) is 5.79. The highest BCUT2D eigenvalue weighted by molar-refractivity contribution is 5.42. The molecule has 0 amide bonds. The van der Waals surface area contributed by atoms with E-state index in [1.807, 2.05) is 11.9 Å². The van der Waals surface area contributed by atoms with E-state index < -0.39 is 17.5 Å². The van der Waals surface area contributed by atoms with Crippen LogP contribution in [0.1, 0.15) is 12.0 Å². The highest BCUT2D eigenvalue weighted by atomic mass is 19.2. The second kappa shape index (κ2) is 8.66. The molecule has 1 aliphatic heterocycles. The molecule has 0 radical (unpaired) electrons. The quantitative estimate of drug-likeness (QED) is 0.595. The SMILES string of the molecule is CN1CCCn2c1cc(OCCc1cnc(Oc3ccc(F)c(F)c3)c(F)c1)nc2=O. The second-order valence-electron chi connectivity index (χ2n) is 7.07. The smallest absolute Gasteiger partial charge is 0.352 e. The van der Waals surface area contributed by atoms with E-state index in [1.165, 1.54) is 18.3 Å². The predicted octanol–water partition coefficient (Wildman–Crippen LogP) is 3.31. The van der Waals surface area contributed by atoms with Crippen molar-refractivity contribution < 1.29 is 22.6 Å². The van der Waals surface area contributed by atoms with Gasteiger partial charge in [-0.25, -0.2) is 22.9 Å². The van der Waals surface area contributed by atoms with Gasteiger partial charge in [-0.2, -0.15) is 4.98 Å². The van der Waals surface area contributed by atoms with Crippen LogP contribution in [0.5, 0.6) is 17.5 Å². The van der Waals surface area contributed by atoms with Crippen LogP contribution in [-0.4, -0.2) is 34.7 Å². The summed E-state index contributed by atoms with van der Waals surface area (Å²) in [5.41, 5.74) is 0.160. The highest BCUT2D eigenvalue weighted by Gasteiger charge is 2.17. The van der Waals surface area contributed by atoms with Crippen LogP contribution in [-0.2, 0) is 13.0 Å². The van der Waals surface area contributed by atoms with Gasteiger partial charge in [0.15, 0.2) is 17.5 Å². The Balaban J connectivity index is 1.39. The number of benzene rings is 1. The van der Waals surface area contributed by atoms with Crippen molar-refractivity contribution in [1.82, 2.24) is 14.5 Å². The fourth-order valence-electron chi connectivity index (χ4n) is 3.26. The van der Waals surface area contributed by atoms with Crippen molar-refractivity contribution in [2.24, 2.45) is 0 Å². The minimum absolute atomic E-state index is 0.0730. The maximum Gasteiger partial charge on any atom is 0.352 e. The first-order chi connectivity index (χ1) is 14.9. The van der Waals surface area contributed by atoms with Gasteiger partial charge in [-0.05, 0) is 30.2 Å². The number of nitrogens with zero attached hydrogens (tertiary/aromatic N) is 4. The predicted molar refractivity (Wildman–Crippen MR) is 106 cm³/mol. The summed E-state index contributed by atoms with van der Waals surface area (Å²) in [5.74, 6) is -2.37. The van der Waals surface area contributed by atoms with E-state index >= 15 is 0 Å². The van der Waals surface area contributed by atoms with Crippen LogP contribution in [0.2, 0.25) is 0 Å². The zero-order chi connectivity index (χ0) is 22.0. The Bertz CT molecular complexity index is 1170. The van der Waals surface area contributed by atoms with Gasteiger partial charge in [-0.3, -0.25) is 4.57 Å². The average Bonchev–Trinajstić information content (AvgIpc) is 2.73. The van der Waals surface area contributed by atoms with E-state index in [0.29, 0.717) is 18.5 Å². The molecular weight excluding hydrogens is 413 g/mol. The zero-order valence-electron chi connectivity index (χ0n) is 16.6. The monoisotopic (exact) mass is 432 g/mol. The minimum atomic E-state index is -1.10. The minimum Gasteiger partial charge on any atom is -0.477 e. The van der Waals surface area contributed by atoms with E-state index in [0.717, 1.165) is 30.9 Å². The molecule has 1 aliphatic rings. The van der Waals surface area contributed by atoms with Crippen molar-refractivity contribution in [3.8, 4) is 17.5 Å². The molecule has 7 nitrogen and oxygen atoms in total. The number of hydrogen-bond donors (Lipinski definition) is 0. The van der Waals surface area contributed by atoms with Crippen molar-refractivity contribution in [2.45, 2.75) is 19.4 Å². The summed E-state index contributed by atoms with van der Waals surface area (Å²) in [4.78, 5) is 21.9. The molecule has 0 aliphatic carbocycles. The molecule has 10 heteroatoms. The average molecular weight is 432 g/mol. The zero-order valence-corrected chi connectivity index (χ0v) is 16.6. The molecule has 1 aromatic carbocycles. The summed E-state index contributed by atoms with van der Waals surface area (Å²) >= 11 is 0. The van der Waals surface area contributed by atoms with Gasteiger partial charge in [0, 0.05) is 44.9 Å². The molecule has 0 spiro atoms. The summed E-state index contributed by atoms with van der Waals surface area (Å²) in [6.07, 6.45) is 2.58. The topological polar surface area (TPSA) is 69.5 Å². The highest BCUT2D eigenvalue weighted by Crippen LogP contribution is 2.25. The molecule has 0 saturated heterocycles. The molecule has 0 N–H and O–H groups in total. The number of rotatable bonds is 6. The van der Waals surface area contributed by atoms with E-state index in [2.05, 4.69) is 9.97 Å². The second-order valence-corrected chi connectivity index (χ2v) is 7.07. The van der Waals surface area contributed by atoms with E-state index in [1.54, 1.807) is 10.6 Å². The molecule has 0 fully saturated rings. The van der Waals surface area contributed by atoms with E-state index in [-0.39, 0.29) is 29.8 Å². The molecule has 3 heterocycles. The molecule has 2 aromatic heterocycles. The first-order valence-corrected chi connectivity index (χ1v) is 9.64. The van der Waals surface area contributed by atoms with Gasteiger partial charge in [0.05, 0.1) is 6.61 Å². The first-order valence-electron chi connectivity index (χ1n) is 9.64. The molecule has 0 saturated carbocycles. The Morgan fingerprint density at radius 1 is 1.06 bits per heavy atom. The molecule has 4 rings (SSSR count). The van der Waals surface area contributed by atoms with Crippen LogP contribution in [0.25, 0.3) is 0 Å². The maximum atomic E-state index is 14.3. The first kappa shape index (κ1) is 20.7. The van der Waals surface area contributed by atoms with Crippen LogP contribution in [0.4, 0.5) is 19.0 Å². The third kappa shape index (κ3) is 4.62. The number of hydrogen-bond acceptors (Lipinski definition) is 6. The fourth-order valence-corrected chi connectivity index (χ4v) is 3.26. The molecule has 0 atom stereocenters. The number of fused-ring (bicyclic) bond motifs is 1. The fraction of sp³-hybridized carbons (Fsp3) is 0.286. The molecular formula is C21H19F3N4O3. The van der Waals surface area contributed by atoms with Gasteiger partial charge < -0.3 is 14.4 Å². The summed E-state index contributed by atoms with van der Waals surface area (Å²) in [7, 11) is 1.90. The van der Waals surface area contributed by atoms with Gasteiger partial charge in [-0.1, -0.05) is 0 Å². The molecule has 31 heavy (non-hydrogen) atoms. The number of ether oxygens (including phenoxy) is 2. The number of anilines is 1. The van der Waals surface area contributed by atoms with Gasteiger partial charge >= 0.3 is 5.69 Å². The van der Waals surface area contributed by atoms with Gasteiger partial charge in [-0.15, -0.1) is 0 Å². The van der Waals surface area contributed by atoms with Crippen molar-refractivity contribution in [1.29, 1.82) is 0 Å². The lowest BCUT2D eigenvalue weighted by molar-refractivity contribution is 0.305. The lowest BCUT2D eigenvalue weighted by atomic mass is 10.2. The molecule has 0 bridgehead atoms. The van der Waals surface area contributed by atoms with Crippen LogP contribution >= 0.6 is 0 Å². The van der Waals surface area contributed by atoms with Crippen molar-refractivity contribution >= 4 is 5.82 Å². The van der Waals surface area contributed by atoms with Crippen LogP contribution in [0, 0.1) is 17.5 Å². The third-order valence-electron chi connectivity index (χ3n) is 4.84. The van der Waals surface area contributed by atoms with Crippen LogP contribution < -0.4 is 20.1 Å². The van der Waals surface area contributed by atoms with Crippen LogP contribution in [0.3, 0.4) is 0 Å². The number of halogens is 3. The Morgan fingerprint density at radius 2 is 1.90 bits per heavy atom. The lowest BCUT2D eigenvalue weighted by Crippen LogP contribution is -2.36. The number of aromatic nitrogens is 3. The molecule has 0 unspecified atom stereocenters. The summed E-state index contributed by atoms with van der Waals surface area (Å²) in [6.45, 7) is 1.62. The normalized spacial score (nSPS) is 13.1. The third-order valence-corrected chi connectivity index (χ3v) is 4.84. The Morgan fingerprint density at radius 3 is 2.68 bits per heavy atom. The standard InChI is InChI=1S/C21H19F3N4O3/c1-27-6-2-7-28-19(27)11-18(26-21(28)29)30-8-5-13-9-17(24)20(25-12-13)31-14-3-4-15(22)16(23)10-14/h3-4,9-12H,2,5-8H2,1H3. The van der Waals surface area contributed by atoms with Gasteiger partial charge in [0.1, 0.15) is 11.6 Å². The Labute approximate surface area is 175 Å². The maximum absolute atomic E-state index is 14.3. The molecule has 162 valence electrons. The largest absolute Gasteiger partial charge is 0.477 e. The van der Waals surface area contributed by atoms with Crippen molar-refractivity contribution in [3.05, 3.63) is 70.0 Å². The van der Waals surface area contributed by atoms with Crippen molar-refractivity contribution in [2.75, 3.05) is 25.1 Å².